The average molecular weight is 434 g/mol. The van der Waals surface area contributed by atoms with Crippen molar-refractivity contribution in [3.8, 4) is 0 Å². The Balaban J connectivity index is 1.61. The largest absolute Gasteiger partial charge is 0.354 e. The van der Waals surface area contributed by atoms with Crippen LogP contribution in [0, 0.1) is 10.1 Å². The minimum Gasteiger partial charge on any atom is -0.354 e. The summed E-state index contributed by atoms with van der Waals surface area (Å²) in [4.78, 5) is 19.3. The predicted octanol–water partition coefficient (Wildman–Crippen LogP) is 2.04. The number of rotatable bonds is 8. The number of benzene rings is 1. The molecule has 0 spiro atoms. The van der Waals surface area contributed by atoms with Crippen molar-refractivity contribution in [1.82, 2.24) is 14.6 Å². The second-order valence-corrected chi connectivity index (χ2v) is 9.08. The van der Waals surface area contributed by atoms with E-state index >= 15 is 0 Å². The standard InChI is InChI=1S/C20H27N5O4S/c1-3-17-7-8-18(25(26)27)14-19(17)30(28,29)22-16(2)15-23-10-12-24(13-11-23)20-6-4-5-9-21-20/h4-9,14,16,22H,3,10-13,15H2,1-2H3. The van der Waals surface area contributed by atoms with Crippen LogP contribution >= 0.6 is 0 Å². The van der Waals surface area contributed by atoms with Gasteiger partial charge in [0, 0.05) is 57.1 Å². The minimum atomic E-state index is -3.86. The molecule has 0 aliphatic carbocycles. The highest BCUT2D eigenvalue weighted by Gasteiger charge is 2.25. The van der Waals surface area contributed by atoms with Gasteiger partial charge in [-0.05, 0) is 31.0 Å². The maximum atomic E-state index is 12.9. The summed E-state index contributed by atoms with van der Waals surface area (Å²) in [5.41, 5.74) is 0.329. The lowest BCUT2D eigenvalue weighted by atomic mass is 10.1. The SMILES string of the molecule is CCc1ccc([N+](=O)[O-])cc1S(=O)(=O)NC(C)CN1CCN(c2ccccn2)CC1. The quantitative estimate of drug-likeness (QED) is 0.501. The van der Waals surface area contributed by atoms with E-state index in [9.17, 15) is 18.5 Å². The van der Waals surface area contributed by atoms with Crippen molar-refractivity contribution in [3.05, 3.63) is 58.3 Å². The van der Waals surface area contributed by atoms with Crippen LogP contribution in [0.15, 0.2) is 47.5 Å². The molecule has 2 aromatic rings. The molecule has 1 aliphatic rings. The maximum absolute atomic E-state index is 12.9. The topological polar surface area (TPSA) is 109 Å². The number of nitro groups is 1. The molecule has 1 saturated heterocycles. The molecule has 1 N–H and O–H groups in total. The molecule has 0 radical (unpaired) electrons. The van der Waals surface area contributed by atoms with Crippen LogP contribution in [-0.2, 0) is 16.4 Å². The van der Waals surface area contributed by atoms with Gasteiger partial charge in [-0.2, -0.15) is 0 Å². The summed E-state index contributed by atoms with van der Waals surface area (Å²) < 4.78 is 28.5. The Bertz CT molecular complexity index is 976. The van der Waals surface area contributed by atoms with Gasteiger partial charge in [0.1, 0.15) is 5.82 Å². The van der Waals surface area contributed by atoms with Crippen molar-refractivity contribution >= 4 is 21.5 Å². The number of piperazine rings is 1. The van der Waals surface area contributed by atoms with Crippen LogP contribution in [0.5, 0.6) is 0 Å². The van der Waals surface area contributed by atoms with Crippen LogP contribution in [0.2, 0.25) is 0 Å². The van der Waals surface area contributed by atoms with E-state index in [1.54, 1.807) is 6.20 Å². The number of aromatic nitrogens is 1. The van der Waals surface area contributed by atoms with Crippen LogP contribution in [0.25, 0.3) is 0 Å². The summed E-state index contributed by atoms with van der Waals surface area (Å²) >= 11 is 0. The zero-order chi connectivity index (χ0) is 21.7. The lowest BCUT2D eigenvalue weighted by Crippen LogP contribution is -2.51. The number of nitro benzene ring substituents is 1. The van der Waals surface area contributed by atoms with Crippen molar-refractivity contribution < 1.29 is 13.3 Å². The fraction of sp³-hybridized carbons (Fsp3) is 0.450. The first-order valence-electron chi connectivity index (χ1n) is 9.98. The van der Waals surface area contributed by atoms with E-state index in [-0.39, 0.29) is 16.6 Å². The predicted molar refractivity (Wildman–Crippen MR) is 115 cm³/mol. The van der Waals surface area contributed by atoms with Gasteiger partial charge in [0.15, 0.2) is 0 Å². The van der Waals surface area contributed by atoms with Gasteiger partial charge in [-0.15, -0.1) is 0 Å². The second kappa shape index (κ2) is 9.50. The molecule has 1 atom stereocenters. The number of pyridine rings is 1. The highest BCUT2D eigenvalue weighted by Crippen LogP contribution is 2.23. The van der Waals surface area contributed by atoms with Crippen molar-refractivity contribution in [1.29, 1.82) is 0 Å². The normalized spacial score (nSPS) is 16.4. The molecule has 10 heteroatoms. The van der Waals surface area contributed by atoms with Crippen molar-refractivity contribution in [2.75, 3.05) is 37.6 Å². The fourth-order valence-electron chi connectivity index (χ4n) is 3.65. The van der Waals surface area contributed by atoms with Gasteiger partial charge in [0.2, 0.25) is 10.0 Å². The van der Waals surface area contributed by atoms with Crippen LogP contribution in [-0.4, -0.2) is 62.0 Å². The van der Waals surface area contributed by atoms with Crippen LogP contribution in [0.1, 0.15) is 19.4 Å². The first-order chi connectivity index (χ1) is 14.3. The van der Waals surface area contributed by atoms with Crippen LogP contribution < -0.4 is 9.62 Å². The van der Waals surface area contributed by atoms with Crippen molar-refractivity contribution in [2.24, 2.45) is 0 Å². The van der Waals surface area contributed by atoms with E-state index in [2.05, 4.69) is 19.5 Å². The number of non-ortho nitro benzene ring substituents is 1. The highest BCUT2D eigenvalue weighted by molar-refractivity contribution is 7.89. The first-order valence-corrected chi connectivity index (χ1v) is 11.5. The Morgan fingerprint density at radius 1 is 1.20 bits per heavy atom. The Kier molecular flexibility index (Phi) is 7.01. The molecule has 9 nitrogen and oxygen atoms in total. The third-order valence-electron chi connectivity index (χ3n) is 5.17. The second-order valence-electron chi connectivity index (χ2n) is 7.40. The van der Waals surface area contributed by atoms with E-state index in [4.69, 9.17) is 0 Å². The van der Waals surface area contributed by atoms with E-state index in [0.29, 0.717) is 18.5 Å². The summed E-state index contributed by atoms with van der Waals surface area (Å²) in [7, 11) is -3.86. The molecular formula is C20H27N5O4S. The van der Waals surface area contributed by atoms with Crippen molar-refractivity contribution in [2.45, 2.75) is 31.2 Å². The Morgan fingerprint density at radius 2 is 1.93 bits per heavy atom. The molecular weight excluding hydrogens is 406 g/mol. The number of aryl methyl sites for hydroxylation is 1. The number of nitrogens with zero attached hydrogens (tertiary/aromatic N) is 4. The van der Waals surface area contributed by atoms with Gasteiger partial charge in [-0.1, -0.05) is 19.1 Å². The Labute approximate surface area is 176 Å². The molecule has 30 heavy (non-hydrogen) atoms. The van der Waals surface area contributed by atoms with Gasteiger partial charge in [0.05, 0.1) is 9.82 Å². The Hall–Kier alpha value is -2.56. The molecule has 1 aromatic heterocycles. The number of nitrogens with one attached hydrogen (secondary N) is 1. The van der Waals surface area contributed by atoms with E-state index < -0.39 is 14.9 Å². The Morgan fingerprint density at radius 3 is 2.53 bits per heavy atom. The van der Waals surface area contributed by atoms with Gasteiger partial charge in [-0.25, -0.2) is 18.1 Å². The highest BCUT2D eigenvalue weighted by atomic mass is 32.2. The monoisotopic (exact) mass is 433 g/mol. The average Bonchev–Trinajstić information content (AvgIpc) is 2.74. The van der Waals surface area contributed by atoms with E-state index in [1.165, 1.54) is 12.1 Å². The smallest absolute Gasteiger partial charge is 0.270 e. The minimum absolute atomic E-state index is 0.0222. The van der Waals surface area contributed by atoms with Gasteiger partial charge < -0.3 is 4.90 Å². The molecule has 0 amide bonds. The summed E-state index contributed by atoms with van der Waals surface area (Å²) in [6.07, 6.45) is 2.25. The zero-order valence-corrected chi connectivity index (χ0v) is 18.0. The third kappa shape index (κ3) is 5.32. The molecule has 1 aromatic carbocycles. The molecule has 0 saturated carbocycles. The molecule has 1 aliphatic heterocycles. The molecule has 1 fully saturated rings. The lowest BCUT2D eigenvalue weighted by molar-refractivity contribution is -0.385. The van der Waals surface area contributed by atoms with Crippen LogP contribution in [0.4, 0.5) is 11.5 Å². The molecule has 3 rings (SSSR count). The summed E-state index contributed by atoms with van der Waals surface area (Å²) in [6.45, 7) is 7.45. The molecule has 162 valence electrons. The number of hydrogen-bond donors (Lipinski definition) is 1. The molecule has 0 bridgehead atoms. The van der Waals surface area contributed by atoms with Gasteiger partial charge in [-0.3, -0.25) is 15.0 Å². The lowest BCUT2D eigenvalue weighted by Gasteiger charge is -2.36. The zero-order valence-electron chi connectivity index (χ0n) is 17.2. The number of anilines is 1. The molecule has 1 unspecified atom stereocenters. The molecule has 2 heterocycles. The van der Waals surface area contributed by atoms with Crippen LogP contribution in [0.3, 0.4) is 0 Å². The summed E-state index contributed by atoms with van der Waals surface area (Å²) in [5, 5.41) is 11.1. The fourth-order valence-corrected chi connectivity index (χ4v) is 5.22. The van der Waals surface area contributed by atoms with E-state index in [0.717, 1.165) is 38.1 Å². The maximum Gasteiger partial charge on any atom is 0.270 e. The third-order valence-corrected chi connectivity index (χ3v) is 6.84. The number of hydrogen-bond acceptors (Lipinski definition) is 7. The summed E-state index contributed by atoms with van der Waals surface area (Å²) in [6, 6.07) is 9.48. The van der Waals surface area contributed by atoms with E-state index in [1.807, 2.05) is 32.0 Å². The summed E-state index contributed by atoms with van der Waals surface area (Å²) in [5.74, 6) is 0.948. The van der Waals surface area contributed by atoms with Gasteiger partial charge >= 0.3 is 0 Å². The first kappa shape index (κ1) is 22.1. The van der Waals surface area contributed by atoms with Crippen molar-refractivity contribution in [3.63, 3.8) is 0 Å². The number of sulfonamides is 1. The van der Waals surface area contributed by atoms with Gasteiger partial charge in [0.25, 0.3) is 5.69 Å².